The summed E-state index contributed by atoms with van der Waals surface area (Å²) in [4.78, 5) is 13.5. The Bertz CT molecular complexity index is 680. The Morgan fingerprint density at radius 1 is 1.38 bits per heavy atom. The Hall–Kier alpha value is -2.14. The molecule has 0 saturated carbocycles. The molecular formula is C18H21ClN2O3. The molecule has 1 saturated heterocycles. The monoisotopic (exact) mass is 348 g/mol. The molecule has 0 aliphatic carbocycles. The van der Waals surface area contributed by atoms with Crippen LogP contribution in [0.5, 0.6) is 0 Å². The van der Waals surface area contributed by atoms with Gasteiger partial charge in [-0.1, -0.05) is 11.6 Å². The summed E-state index contributed by atoms with van der Waals surface area (Å²) in [7, 11) is 0. The first-order valence-electron chi connectivity index (χ1n) is 8.19. The van der Waals surface area contributed by atoms with Crippen LogP contribution in [-0.2, 0) is 4.74 Å². The van der Waals surface area contributed by atoms with E-state index in [9.17, 15) is 4.79 Å². The van der Waals surface area contributed by atoms with Crippen LogP contribution in [0.4, 0.5) is 10.5 Å². The zero-order valence-corrected chi connectivity index (χ0v) is 14.4. The number of carbonyl (C=O) groups is 1. The zero-order valence-electron chi connectivity index (χ0n) is 13.6. The van der Waals surface area contributed by atoms with Crippen molar-refractivity contribution in [2.75, 3.05) is 25.0 Å². The van der Waals surface area contributed by atoms with Crippen molar-refractivity contribution in [1.82, 2.24) is 4.90 Å². The fourth-order valence-electron chi connectivity index (χ4n) is 2.92. The quantitative estimate of drug-likeness (QED) is 0.875. The number of hydrogen-bond acceptors (Lipinski definition) is 4. The van der Waals surface area contributed by atoms with Gasteiger partial charge in [0.15, 0.2) is 0 Å². The fourth-order valence-corrected chi connectivity index (χ4v) is 3.09. The molecule has 0 unspecified atom stereocenters. The number of likely N-dealkylation sites (tertiary alicyclic amines) is 1. The van der Waals surface area contributed by atoms with Crippen molar-refractivity contribution in [2.45, 2.75) is 25.8 Å². The summed E-state index contributed by atoms with van der Waals surface area (Å²) >= 11 is 6.13. The molecule has 1 N–H and O–H groups in total. The minimum atomic E-state index is -0.223. The van der Waals surface area contributed by atoms with Gasteiger partial charge in [0.25, 0.3) is 0 Å². The molecule has 2 heterocycles. The van der Waals surface area contributed by atoms with Crippen LogP contribution in [0.2, 0.25) is 5.02 Å². The van der Waals surface area contributed by atoms with Crippen molar-refractivity contribution in [2.24, 2.45) is 0 Å². The topological polar surface area (TPSA) is 54.7 Å². The number of rotatable bonds is 4. The fraction of sp³-hybridized carbons (Fsp3) is 0.389. The Labute approximate surface area is 146 Å². The second-order valence-corrected chi connectivity index (χ2v) is 6.21. The number of nitrogens with one attached hydrogen (secondary N) is 1. The summed E-state index contributed by atoms with van der Waals surface area (Å²) in [6, 6.07) is 9.81. The van der Waals surface area contributed by atoms with Gasteiger partial charge in [-0.2, -0.15) is 0 Å². The Balaban J connectivity index is 1.67. The summed E-state index contributed by atoms with van der Waals surface area (Å²) in [5.74, 6) is 0.781. The minimum absolute atomic E-state index is 0.223. The maximum absolute atomic E-state index is 11.8. The van der Waals surface area contributed by atoms with E-state index in [1.165, 1.54) is 0 Å². The molecule has 24 heavy (non-hydrogen) atoms. The van der Waals surface area contributed by atoms with E-state index in [1.807, 2.05) is 37.3 Å². The minimum Gasteiger partial charge on any atom is -0.464 e. The second kappa shape index (κ2) is 7.62. The molecule has 1 amide bonds. The normalized spacial score (nSPS) is 15.3. The first-order valence-corrected chi connectivity index (χ1v) is 8.57. The smallest absolute Gasteiger partial charge is 0.409 e. The number of hydrogen-bond donors (Lipinski definition) is 1. The van der Waals surface area contributed by atoms with Crippen LogP contribution in [-0.4, -0.2) is 36.7 Å². The summed E-state index contributed by atoms with van der Waals surface area (Å²) in [6.07, 6.45) is 3.18. The van der Waals surface area contributed by atoms with Crippen LogP contribution in [0, 0.1) is 0 Å². The Morgan fingerprint density at radius 3 is 2.83 bits per heavy atom. The highest BCUT2D eigenvalue weighted by atomic mass is 35.5. The van der Waals surface area contributed by atoms with Gasteiger partial charge in [0.05, 0.1) is 12.9 Å². The van der Waals surface area contributed by atoms with Crippen molar-refractivity contribution < 1.29 is 13.9 Å². The lowest BCUT2D eigenvalue weighted by Gasteiger charge is -2.32. The number of carbonyl (C=O) groups excluding carboxylic acids is 1. The van der Waals surface area contributed by atoms with E-state index in [2.05, 4.69) is 5.32 Å². The Kier molecular flexibility index (Phi) is 5.30. The predicted molar refractivity (Wildman–Crippen MR) is 94.4 cm³/mol. The van der Waals surface area contributed by atoms with E-state index in [0.717, 1.165) is 29.9 Å². The van der Waals surface area contributed by atoms with E-state index in [-0.39, 0.29) is 6.09 Å². The van der Waals surface area contributed by atoms with Crippen molar-refractivity contribution in [3.05, 3.63) is 41.6 Å². The molecule has 128 valence electrons. The molecule has 6 heteroatoms. The highest BCUT2D eigenvalue weighted by Crippen LogP contribution is 2.32. The number of furan rings is 1. The molecule has 1 aliphatic heterocycles. The molecule has 1 aromatic carbocycles. The molecule has 1 aliphatic rings. The third-order valence-electron chi connectivity index (χ3n) is 4.15. The van der Waals surface area contributed by atoms with Gasteiger partial charge < -0.3 is 19.4 Å². The maximum Gasteiger partial charge on any atom is 0.409 e. The molecule has 0 spiro atoms. The van der Waals surface area contributed by atoms with E-state index < -0.39 is 0 Å². The van der Waals surface area contributed by atoms with Crippen LogP contribution >= 0.6 is 11.6 Å². The van der Waals surface area contributed by atoms with Crippen molar-refractivity contribution >= 4 is 23.4 Å². The van der Waals surface area contributed by atoms with Gasteiger partial charge in [0.2, 0.25) is 0 Å². The highest BCUT2D eigenvalue weighted by Gasteiger charge is 2.24. The van der Waals surface area contributed by atoms with Gasteiger partial charge in [0, 0.05) is 35.4 Å². The Morgan fingerprint density at radius 2 is 2.17 bits per heavy atom. The summed E-state index contributed by atoms with van der Waals surface area (Å²) in [6.45, 7) is 3.62. The predicted octanol–water partition coefficient (Wildman–Crippen LogP) is 4.63. The molecular weight excluding hydrogens is 328 g/mol. The maximum atomic E-state index is 11.8. The van der Waals surface area contributed by atoms with Gasteiger partial charge in [-0.3, -0.25) is 0 Å². The molecule has 0 bridgehead atoms. The van der Waals surface area contributed by atoms with Crippen LogP contribution in [0.3, 0.4) is 0 Å². The molecule has 1 fully saturated rings. The molecule has 2 aromatic rings. The van der Waals surface area contributed by atoms with Gasteiger partial charge in [0.1, 0.15) is 5.76 Å². The van der Waals surface area contributed by atoms with Gasteiger partial charge in [-0.25, -0.2) is 4.79 Å². The average molecular weight is 349 g/mol. The molecule has 0 radical (unpaired) electrons. The van der Waals surface area contributed by atoms with Crippen LogP contribution in [0.15, 0.2) is 41.0 Å². The van der Waals surface area contributed by atoms with Gasteiger partial charge >= 0.3 is 6.09 Å². The standard InChI is InChI=1S/C18H21ClN2O3/c1-2-23-18(22)21-9-7-14(8-10-21)20-16-6-5-13(19)12-15(16)17-4-3-11-24-17/h3-6,11-12,14,20H,2,7-10H2,1H3. The third-order valence-corrected chi connectivity index (χ3v) is 4.38. The molecule has 3 rings (SSSR count). The lowest BCUT2D eigenvalue weighted by molar-refractivity contribution is 0.0983. The summed E-state index contributed by atoms with van der Waals surface area (Å²) in [5, 5.41) is 4.23. The number of halogens is 1. The third kappa shape index (κ3) is 3.85. The number of piperidine rings is 1. The lowest BCUT2D eigenvalue weighted by Crippen LogP contribution is -2.42. The van der Waals surface area contributed by atoms with E-state index in [1.54, 1.807) is 11.2 Å². The van der Waals surface area contributed by atoms with E-state index in [0.29, 0.717) is 30.8 Å². The van der Waals surface area contributed by atoms with Crippen molar-refractivity contribution in [3.8, 4) is 11.3 Å². The number of amides is 1. The van der Waals surface area contributed by atoms with E-state index in [4.69, 9.17) is 20.8 Å². The van der Waals surface area contributed by atoms with E-state index >= 15 is 0 Å². The SMILES string of the molecule is CCOC(=O)N1CCC(Nc2ccc(Cl)cc2-c2ccco2)CC1. The first-order chi connectivity index (χ1) is 11.7. The molecule has 0 atom stereocenters. The van der Waals surface area contributed by atoms with Crippen molar-refractivity contribution in [3.63, 3.8) is 0 Å². The molecule has 5 nitrogen and oxygen atoms in total. The summed E-state index contributed by atoms with van der Waals surface area (Å²) < 4.78 is 10.6. The molecule has 1 aromatic heterocycles. The van der Waals surface area contributed by atoms with Gasteiger partial charge in [-0.15, -0.1) is 0 Å². The van der Waals surface area contributed by atoms with Crippen LogP contribution < -0.4 is 5.32 Å². The number of benzene rings is 1. The van der Waals surface area contributed by atoms with Gasteiger partial charge in [-0.05, 0) is 50.1 Å². The van der Waals surface area contributed by atoms with Crippen LogP contribution in [0.1, 0.15) is 19.8 Å². The highest BCUT2D eigenvalue weighted by molar-refractivity contribution is 6.31. The summed E-state index contributed by atoms with van der Waals surface area (Å²) in [5.41, 5.74) is 1.93. The largest absolute Gasteiger partial charge is 0.464 e. The van der Waals surface area contributed by atoms with Crippen molar-refractivity contribution in [1.29, 1.82) is 0 Å². The second-order valence-electron chi connectivity index (χ2n) is 5.77. The number of nitrogens with zero attached hydrogens (tertiary/aromatic N) is 1. The lowest BCUT2D eigenvalue weighted by atomic mass is 10.0. The number of ether oxygens (including phenoxy) is 1. The number of anilines is 1. The average Bonchev–Trinajstić information content (AvgIpc) is 3.12. The first kappa shape index (κ1) is 16.7. The zero-order chi connectivity index (χ0) is 16.9. The van der Waals surface area contributed by atoms with Crippen LogP contribution in [0.25, 0.3) is 11.3 Å².